The smallest absolute Gasteiger partial charge is 0.307 e. The van der Waals surface area contributed by atoms with Gasteiger partial charge in [0, 0.05) is 25.7 Å². The van der Waals surface area contributed by atoms with Gasteiger partial charge in [0.2, 0.25) is 5.91 Å². The van der Waals surface area contributed by atoms with E-state index in [9.17, 15) is 17.1 Å². The molecule has 0 radical (unpaired) electrons. The number of nitrogens with zero attached hydrogens (tertiary/aromatic N) is 4. The van der Waals surface area contributed by atoms with Crippen molar-refractivity contribution in [3.8, 4) is 0 Å². The lowest BCUT2D eigenvalue weighted by atomic mass is 10.4. The molecule has 0 aliphatic carbocycles. The second kappa shape index (κ2) is 5.49. The van der Waals surface area contributed by atoms with Crippen LogP contribution in [0.15, 0.2) is 12.4 Å². The van der Waals surface area contributed by atoms with Crippen LogP contribution in [0.1, 0.15) is 6.42 Å². The summed E-state index contributed by atoms with van der Waals surface area (Å²) in [5.74, 6) is -0.400. The molecule has 20 heavy (non-hydrogen) atoms. The summed E-state index contributed by atoms with van der Waals surface area (Å²) in [7, 11) is -0.816. The largest absolute Gasteiger partial charge is 0.308 e. The molecular formula is C11H17FN4O3S. The quantitative estimate of drug-likeness (QED) is 0.707. The van der Waals surface area contributed by atoms with E-state index in [0.29, 0.717) is 12.2 Å². The molecule has 1 aliphatic heterocycles. The molecular weight excluding hydrogens is 287 g/mol. The molecule has 2 rings (SSSR count). The number of hydrogen-bond donors (Lipinski definition) is 0. The maximum atomic E-state index is 12.9. The Kier molecular flexibility index (Phi) is 4.09. The van der Waals surface area contributed by atoms with E-state index in [1.54, 1.807) is 10.9 Å². The number of amides is 1. The van der Waals surface area contributed by atoms with E-state index in [0.717, 1.165) is 6.54 Å². The average molecular weight is 304 g/mol. The molecule has 1 saturated heterocycles. The third kappa shape index (κ3) is 3.34. The Labute approximate surface area is 117 Å². The van der Waals surface area contributed by atoms with Crippen LogP contribution >= 0.6 is 0 Å². The molecule has 1 aromatic rings. The van der Waals surface area contributed by atoms with Crippen LogP contribution in [0.4, 0.5) is 9.57 Å². The molecule has 1 unspecified atom stereocenters. The molecule has 1 aliphatic rings. The maximum absolute atomic E-state index is 12.9. The summed E-state index contributed by atoms with van der Waals surface area (Å²) in [4.78, 5) is 15.0. The van der Waals surface area contributed by atoms with Gasteiger partial charge in [-0.25, -0.2) is 0 Å². The summed E-state index contributed by atoms with van der Waals surface area (Å²) in [5, 5.41) is 2.83. The number of anilines is 1. The van der Waals surface area contributed by atoms with Crippen LogP contribution in [0, 0.1) is 0 Å². The summed E-state index contributed by atoms with van der Waals surface area (Å²) in [6, 6.07) is 0. The molecule has 9 heteroatoms. The maximum Gasteiger partial charge on any atom is 0.307 e. The number of aromatic nitrogens is 2. The Morgan fingerprint density at radius 3 is 2.75 bits per heavy atom. The second-order valence-electron chi connectivity index (χ2n) is 5.07. The predicted octanol–water partition coefficient (Wildman–Crippen LogP) is -0.151. The molecule has 7 nitrogen and oxygen atoms in total. The highest BCUT2D eigenvalue weighted by Crippen LogP contribution is 2.25. The van der Waals surface area contributed by atoms with Crippen molar-refractivity contribution in [3.63, 3.8) is 0 Å². The third-order valence-electron chi connectivity index (χ3n) is 3.20. The van der Waals surface area contributed by atoms with Gasteiger partial charge in [0.15, 0.2) is 0 Å². The van der Waals surface area contributed by atoms with Crippen LogP contribution < -0.4 is 4.90 Å². The zero-order chi connectivity index (χ0) is 14.9. The normalized spacial score (nSPS) is 20.1. The van der Waals surface area contributed by atoms with Crippen molar-refractivity contribution < 1.29 is 17.1 Å². The van der Waals surface area contributed by atoms with Gasteiger partial charge < -0.3 is 9.80 Å². The molecule has 0 N–H and O–H groups in total. The van der Waals surface area contributed by atoms with Gasteiger partial charge in [0.1, 0.15) is 5.25 Å². The van der Waals surface area contributed by atoms with Gasteiger partial charge in [-0.2, -0.15) is 13.5 Å². The second-order valence-corrected chi connectivity index (χ2v) is 6.69. The van der Waals surface area contributed by atoms with Crippen molar-refractivity contribution in [2.75, 3.05) is 32.1 Å². The highest BCUT2D eigenvalue weighted by atomic mass is 32.3. The molecule has 1 amide bonds. The number of halogens is 1. The van der Waals surface area contributed by atoms with Gasteiger partial charge in [-0.15, -0.1) is 3.89 Å². The monoisotopic (exact) mass is 304 g/mol. The van der Waals surface area contributed by atoms with Crippen molar-refractivity contribution in [1.82, 2.24) is 14.7 Å². The number of carbonyl (C=O) groups excluding carboxylic acids is 1. The van der Waals surface area contributed by atoms with Gasteiger partial charge in [-0.3, -0.25) is 9.48 Å². The minimum absolute atomic E-state index is 0.156. The zero-order valence-electron chi connectivity index (χ0n) is 11.4. The SMILES string of the molecule is CN(C)CCn1cc(N2CC(S(=O)(=O)F)CC2=O)cn1. The molecule has 0 aromatic carbocycles. The van der Waals surface area contributed by atoms with Gasteiger partial charge in [0.25, 0.3) is 0 Å². The summed E-state index contributed by atoms with van der Waals surface area (Å²) in [6.07, 6.45) is 2.83. The van der Waals surface area contributed by atoms with E-state index in [-0.39, 0.29) is 13.0 Å². The standard InChI is InChI=1S/C11H17FN4O3S/c1-14(2)3-4-15-7-9(6-13-15)16-8-10(5-11(16)17)20(12,18)19/h6-7,10H,3-5,8H2,1-2H3. The molecule has 1 atom stereocenters. The minimum atomic E-state index is -4.69. The molecule has 1 fully saturated rings. The highest BCUT2D eigenvalue weighted by Gasteiger charge is 2.39. The summed E-state index contributed by atoms with van der Waals surface area (Å²) in [6.45, 7) is 1.29. The van der Waals surface area contributed by atoms with Crippen LogP contribution in [-0.4, -0.2) is 61.4 Å². The van der Waals surface area contributed by atoms with Gasteiger partial charge in [-0.05, 0) is 14.1 Å². The zero-order valence-corrected chi connectivity index (χ0v) is 12.2. The molecule has 0 bridgehead atoms. The van der Waals surface area contributed by atoms with Crippen LogP contribution in [0.25, 0.3) is 0 Å². The number of rotatable bonds is 5. The lowest BCUT2D eigenvalue weighted by Gasteiger charge is -2.13. The van der Waals surface area contributed by atoms with E-state index in [4.69, 9.17) is 0 Å². The highest BCUT2D eigenvalue weighted by molar-refractivity contribution is 7.87. The molecule has 2 heterocycles. The van der Waals surface area contributed by atoms with E-state index in [2.05, 4.69) is 5.10 Å². The van der Waals surface area contributed by atoms with Crippen LogP contribution in [0.5, 0.6) is 0 Å². The van der Waals surface area contributed by atoms with E-state index < -0.39 is 21.4 Å². The topological polar surface area (TPSA) is 75.5 Å². The minimum Gasteiger partial charge on any atom is -0.308 e. The van der Waals surface area contributed by atoms with E-state index >= 15 is 0 Å². The van der Waals surface area contributed by atoms with Crippen molar-refractivity contribution in [1.29, 1.82) is 0 Å². The van der Waals surface area contributed by atoms with Gasteiger partial charge in [0.05, 0.1) is 18.4 Å². The van der Waals surface area contributed by atoms with Crippen LogP contribution in [-0.2, 0) is 21.6 Å². The predicted molar refractivity (Wildman–Crippen MR) is 71.6 cm³/mol. The summed E-state index contributed by atoms with van der Waals surface area (Å²) >= 11 is 0. The lowest BCUT2D eigenvalue weighted by molar-refractivity contribution is -0.117. The van der Waals surface area contributed by atoms with E-state index in [1.165, 1.54) is 11.1 Å². The third-order valence-corrected chi connectivity index (χ3v) is 4.31. The number of hydrogen-bond acceptors (Lipinski definition) is 5. The van der Waals surface area contributed by atoms with Crippen molar-refractivity contribution in [2.24, 2.45) is 0 Å². The lowest BCUT2D eigenvalue weighted by Crippen LogP contribution is -2.26. The molecule has 1 aromatic heterocycles. The first-order valence-electron chi connectivity index (χ1n) is 6.18. The summed E-state index contributed by atoms with van der Waals surface area (Å²) in [5.41, 5.74) is 0.500. The van der Waals surface area contributed by atoms with Crippen LogP contribution in [0.2, 0.25) is 0 Å². The van der Waals surface area contributed by atoms with Gasteiger partial charge in [-0.1, -0.05) is 0 Å². The summed E-state index contributed by atoms with van der Waals surface area (Å²) < 4.78 is 36.3. The Bertz CT molecular complexity index is 599. The number of carbonyl (C=O) groups is 1. The Balaban J connectivity index is 2.07. The van der Waals surface area contributed by atoms with Crippen molar-refractivity contribution in [2.45, 2.75) is 18.2 Å². The first kappa shape index (κ1) is 14.9. The Hall–Kier alpha value is -1.48. The fourth-order valence-electron chi connectivity index (χ4n) is 2.03. The van der Waals surface area contributed by atoms with Crippen molar-refractivity contribution in [3.05, 3.63) is 12.4 Å². The Morgan fingerprint density at radius 1 is 1.50 bits per heavy atom. The molecule has 0 saturated carbocycles. The van der Waals surface area contributed by atoms with Crippen LogP contribution in [0.3, 0.4) is 0 Å². The fraction of sp³-hybridized carbons (Fsp3) is 0.636. The van der Waals surface area contributed by atoms with Crippen molar-refractivity contribution >= 4 is 21.8 Å². The Morgan fingerprint density at radius 2 is 2.20 bits per heavy atom. The molecule has 0 spiro atoms. The molecule has 112 valence electrons. The number of likely N-dealkylation sites (N-methyl/N-ethyl adjacent to an activating group) is 1. The van der Waals surface area contributed by atoms with E-state index in [1.807, 2.05) is 19.0 Å². The average Bonchev–Trinajstić information content (AvgIpc) is 2.91. The first-order valence-corrected chi connectivity index (χ1v) is 7.63. The first-order chi connectivity index (χ1) is 9.27. The van der Waals surface area contributed by atoms with Gasteiger partial charge >= 0.3 is 10.2 Å². The fourth-order valence-corrected chi connectivity index (χ4v) is 2.70.